The molecule has 0 aromatic carbocycles. The van der Waals surface area contributed by atoms with Crippen LogP contribution in [-0.4, -0.2) is 58.3 Å². The predicted octanol–water partition coefficient (Wildman–Crippen LogP) is 1.23. The molecule has 0 saturated carbocycles. The van der Waals surface area contributed by atoms with Crippen LogP contribution in [0.2, 0.25) is 0 Å². The molecule has 0 spiro atoms. The van der Waals surface area contributed by atoms with E-state index in [1.54, 1.807) is 13.4 Å². The zero-order valence-electron chi connectivity index (χ0n) is 14.8. The van der Waals surface area contributed by atoms with Gasteiger partial charge in [-0.25, -0.2) is 0 Å². The number of nitrogens with zero attached hydrogens (tertiary/aromatic N) is 5. The maximum atomic E-state index is 4.28. The quantitative estimate of drug-likeness (QED) is 0.584. The van der Waals surface area contributed by atoms with Gasteiger partial charge in [-0.2, -0.15) is 0 Å². The Morgan fingerprint density at radius 3 is 2.96 bits per heavy atom. The van der Waals surface area contributed by atoms with E-state index in [9.17, 15) is 0 Å². The molecule has 7 nitrogen and oxygen atoms in total. The number of aryl methyl sites for hydroxylation is 1. The van der Waals surface area contributed by atoms with Crippen LogP contribution in [-0.2, 0) is 13.1 Å². The minimum Gasteiger partial charge on any atom is -0.355 e. The van der Waals surface area contributed by atoms with Gasteiger partial charge in [-0.15, -0.1) is 10.2 Å². The summed E-state index contributed by atoms with van der Waals surface area (Å²) in [6.45, 7) is 9.11. The zero-order chi connectivity index (χ0) is 16.5. The normalized spacial score (nSPS) is 19.8. The van der Waals surface area contributed by atoms with E-state index in [1.807, 2.05) is 4.57 Å². The van der Waals surface area contributed by atoms with Gasteiger partial charge in [-0.1, -0.05) is 13.3 Å². The molecule has 2 N–H and O–H groups in total. The van der Waals surface area contributed by atoms with Crippen LogP contribution in [0.3, 0.4) is 0 Å². The SMILES string of the molecule is CCC1CCCCN1CCNC(=NC)NCc1nncn1CC. The van der Waals surface area contributed by atoms with Crippen LogP contribution in [0, 0.1) is 0 Å². The lowest BCUT2D eigenvalue weighted by Crippen LogP contribution is -2.45. The van der Waals surface area contributed by atoms with Gasteiger partial charge < -0.3 is 15.2 Å². The molecule has 1 fully saturated rings. The number of nitrogens with one attached hydrogen (secondary N) is 2. The molecule has 0 bridgehead atoms. The monoisotopic (exact) mass is 321 g/mol. The fourth-order valence-electron chi connectivity index (χ4n) is 3.20. The van der Waals surface area contributed by atoms with Crippen LogP contribution < -0.4 is 10.6 Å². The highest BCUT2D eigenvalue weighted by molar-refractivity contribution is 5.79. The Bertz CT molecular complexity index is 483. The first-order chi connectivity index (χ1) is 11.3. The van der Waals surface area contributed by atoms with Gasteiger partial charge in [0.25, 0.3) is 0 Å². The summed E-state index contributed by atoms with van der Waals surface area (Å²) in [5.41, 5.74) is 0. The molecule has 1 saturated heterocycles. The second-order valence-corrected chi connectivity index (χ2v) is 5.98. The number of piperidine rings is 1. The predicted molar refractivity (Wildman–Crippen MR) is 93.4 cm³/mol. The van der Waals surface area contributed by atoms with Gasteiger partial charge in [-0.3, -0.25) is 9.89 Å². The number of guanidine groups is 1. The number of aromatic nitrogens is 3. The van der Waals surface area contributed by atoms with Gasteiger partial charge in [0, 0.05) is 32.7 Å². The van der Waals surface area contributed by atoms with E-state index in [4.69, 9.17) is 0 Å². The van der Waals surface area contributed by atoms with Crippen LogP contribution in [0.5, 0.6) is 0 Å². The summed E-state index contributed by atoms with van der Waals surface area (Å²) in [4.78, 5) is 6.89. The van der Waals surface area contributed by atoms with Gasteiger partial charge >= 0.3 is 0 Å². The maximum Gasteiger partial charge on any atom is 0.191 e. The smallest absolute Gasteiger partial charge is 0.191 e. The Morgan fingerprint density at radius 2 is 2.22 bits per heavy atom. The zero-order valence-corrected chi connectivity index (χ0v) is 14.8. The van der Waals surface area contributed by atoms with E-state index in [-0.39, 0.29) is 0 Å². The third-order valence-corrected chi connectivity index (χ3v) is 4.59. The van der Waals surface area contributed by atoms with Gasteiger partial charge in [0.05, 0.1) is 6.54 Å². The van der Waals surface area contributed by atoms with Crippen molar-refractivity contribution in [3.8, 4) is 0 Å². The van der Waals surface area contributed by atoms with Crippen LogP contribution in [0.4, 0.5) is 0 Å². The molecule has 7 heteroatoms. The summed E-state index contributed by atoms with van der Waals surface area (Å²) in [5.74, 6) is 1.75. The summed E-state index contributed by atoms with van der Waals surface area (Å²) in [5, 5.41) is 14.8. The van der Waals surface area contributed by atoms with Crippen molar-refractivity contribution in [2.24, 2.45) is 4.99 Å². The summed E-state index contributed by atoms with van der Waals surface area (Å²) in [6, 6.07) is 0.753. The molecule has 0 radical (unpaired) electrons. The fourth-order valence-corrected chi connectivity index (χ4v) is 3.20. The third kappa shape index (κ3) is 5.20. The minimum absolute atomic E-state index is 0.634. The number of hydrogen-bond donors (Lipinski definition) is 2. The van der Waals surface area contributed by atoms with E-state index >= 15 is 0 Å². The molecular weight excluding hydrogens is 290 g/mol. The van der Waals surface area contributed by atoms with Gasteiger partial charge in [0.15, 0.2) is 11.8 Å². The number of likely N-dealkylation sites (tertiary alicyclic amines) is 1. The first-order valence-electron chi connectivity index (χ1n) is 8.83. The fraction of sp³-hybridized carbons (Fsp3) is 0.812. The molecule has 2 heterocycles. The highest BCUT2D eigenvalue weighted by atomic mass is 15.3. The molecule has 2 rings (SSSR count). The largest absolute Gasteiger partial charge is 0.355 e. The number of rotatable bonds is 7. The Labute approximate surface area is 139 Å². The molecule has 1 atom stereocenters. The molecule has 23 heavy (non-hydrogen) atoms. The van der Waals surface area contributed by atoms with Crippen molar-refractivity contribution < 1.29 is 0 Å². The van der Waals surface area contributed by atoms with E-state index in [0.29, 0.717) is 6.54 Å². The third-order valence-electron chi connectivity index (χ3n) is 4.59. The van der Waals surface area contributed by atoms with Gasteiger partial charge in [0.1, 0.15) is 6.33 Å². The van der Waals surface area contributed by atoms with E-state index in [1.165, 1.54) is 32.2 Å². The molecule has 1 aliphatic rings. The van der Waals surface area contributed by atoms with E-state index < -0.39 is 0 Å². The molecule has 1 unspecified atom stereocenters. The van der Waals surface area contributed by atoms with Gasteiger partial charge in [-0.05, 0) is 32.7 Å². The summed E-state index contributed by atoms with van der Waals surface area (Å²) in [6.07, 6.45) is 7.06. The van der Waals surface area contributed by atoms with Gasteiger partial charge in [0.2, 0.25) is 0 Å². The molecule has 130 valence electrons. The van der Waals surface area contributed by atoms with E-state index in [2.05, 4.69) is 44.6 Å². The van der Waals surface area contributed by atoms with Crippen molar-refractivity contribution in [3.05, 3.63) is 12.2 Å². The topological polar surface area (TPSA) is 70.4 Å². The van der Waals surface area contributed by atoms with Crippen molar-refractivity contribution in [2.45, 2.75) is 58.7 Å². The highest BCUT2D eigenvalue weighted by Gasteiger charge is 2.19. The number of aliphatic imine (C=N–C) groups is 1. The summed E-state index contributed by atoms with van der Waals surface area (Å²) in [7, 11) is 1.80. The maximum absolute atomic E-state index is 4.28. The van der Waals surface area contributed by atoms with Crippen LogP contribution >= 0.6 is 0 Å². The molecule has 0 amide bonds. The Morgan fingerprint density at radius 1 is 1.35 bits per heavy atom. The van der Waals surface area contributed by atoms with Crippen molar-refractivity contribution in [1.29, 1.82) is 0 Å². The van der Waals surface area contributed by atoms with Crippen molar-refractivity contribution in [1.82, 2.24) is 30.3 Å². The summed E-state index contributed by atoms with van der Waals surface area (Å²) >= 11 is 0. The molecule has 1 aliphatic heterocycles. The molecule has 1 aromatic heterocycles. The number of hydrogen-bond acceptors (Lipinski definition) is 4. The average molecular weight is 321 g/mol. The van der Waals surface area contributed by atoms with Crippen molar-refractivity contribution >= 4 is 5.96 Å². The lowest BCUT2D eigenvalue weighted by atomic mass is 10.0. The second kappa shape index (κ2) is 9.50. The second-order valence-electron chi connectivity index (χ2n) is 5.98. The Hall–Kier alpha value is -1.63. The Kier molecular flexibility index (Phi) is 7.32. The van der Waals surface area contributed by atoms with E-state index in [0.717, 1.165) is 37.5 Å². The molecule has 1 aromatic rings. The molecular formula is C16H31N7. The highest BCUT2D eigenvalue weighted by Crippen LogP contribution is 2.18. The van der Waals surface area contributed by atoms with Crippen molar-refractivity contribution in [2.75, 3.05) is 26.7 Å². The average Bonchev–Trinajstić information content (AvgIpc) is 3.05. The van der Waals surface area contributed by atoms with Crippen LogP contribution in [0.1, 0.15) is 45.4 Å². The first kappa shape index (κ1) is 17.7. The lowest BCUT2D eigenvalue weighted by molar-refractivity contribution is 0.147. The van der Waals surface area contributed by atoms with Crippen molar-refractivity contribution in [3.63, 3.8) is 0 Å². The summed E-state index contributed by atoms with van der Waals surface area (Å²) < 4.78 is 2.03. The minimum atomic E-state index is 0.634. The van der Waals surface area contributed by atoms with Crippen LogP contribution in [0.25, 0.3) is 0 Å². The standard InChI is InChI=1S/C16H31N7/c1-4-14-8-6-7-10-23(14)11-9-18-16(17-3)19-12-15-21-20-13-22(15)5-2/h13-14H,4-12H2,1-3H3,(H2,17,18,19). The first-order valence-corrected chi connectivity index (χ1v) is 8.83. The Balaban J connectivity index is 1.72. The lowest BCUT2D eigenvalue weighted by Gasteiger charge is -2.35. The van der Waals surface area contributed by atoms with Crippen LogP contribution in [0.15, 0.2) is 11.3 Å². The molecule has 0 aliphatic carbocycles.